The maximum Gasteiger partial charge on any atom is 0.191 e. The fourth-order valence-corrected chi connectivity index (χ4v) is 4.45. The number of nitrogens with zero attached hydrogens (tertiary/aromatic N) is 3. The van der Waals surface area contributed by atoms with Crippen LogP contribution in [0.5, 0.6) is 11.5 Å². The van der Waals surface area contributed by atoms with Gasteiger partial charge in [0, 0.05) is 69.2 Å². The van der Waals surface area contributed by atoms with Crippen LogP contribution >= 0.6 is 0 Å². The lowest BCUT2D eigenvalue weighted by molar-refractivity contribution is 0.159. The van der Waals surface area contributed by atoms with Crippen molar-refractivity contribution in [3.8, 4) is 11.5 Å². The number of hydrogen-bond acceptors (Lipinski definition) is 5. The summed E-state index contributed by atoms with van der Waals surface area (Å²) in [5.74, 6) is 2.54. The van der Waals surface area contributed by atoms with Gasteiger partial charge in [0.15, 0.2) is 5.96 Å². The van der Waals surface area contributed by atoms with Gasteiger partial charge in [0.2, 0.25) is 0 Å². The van der Waals surface area contributed by atoms with Gasteiger partial charge in [-0.05, 0) is 39.2 Å². The van der Waals surface area contributed by atoms with Gasteiger partial charge in [-0.15, -0.1) is 0 Å². The molecule has 0 saturated carbocycles. The number of nitrogens with one attached hydrogen (secondary N) is 2. The number of methoxy groups -OCH3 is 2. The zero-order chi connectivity index (χ0) is 21.3. The van der Waals surface area contributed by atoms with E-state index >= 15 is 0 Å². The normalized spacial score (nSPS) is 22.8. The maximum atomic E-state index is 5.42. The number of aliphatic imine (C=N–C) groups is 1. The summed E-state index contributed by atoms with van der Waals surface area (Å²) in [4.78, 5) is 9.42. The summed E-state index contributed by atoms with van der Waals surface area (Å²) >= 11 is 0. The van der Waals surface area contributed by atoms with E-state index in [-0.39, 0.29) is 0 Å². The molecule has 0 bridgehead atoms. The Bertz CT molecular complexity index is 674. The smallest absolute Gasteiger partial charge is 0.191 e. The summed E-state index contributed by atoms with van der Waals surface area (Å²) in [6.45, 7) is 7.66. The molecule has 168 valence electrons. The second-order valence-electron chi connectivity index (χ2n) is 8.38. The van der Waals surface area contributed by atoms with Gasteiger partial charge >= 0.3 is 0 Å². The molecule has 3 rings (SSSR count). The number of ether oxygens (including phenoxy) is 2. The number of likely N-dealkylation sites (tertiary alicyclic amines) is 1. The average molecular weight is 418 g/mol. The first-order valence-corrected chi connectivity index (χ1v) is 11.3. The Labute approximate surface area is 181 Å². The molecule has 2 aliphatic rings. The van der Waals surface area contributed by atoms with E-state index in [1.807, 2.05) is 13.1 Å². The largest absolute Gasteiger partial charge is 0.497 e. The van der Waals surface area contributed by atoms with E-state index in [1.54, 1.807) is 14.2 Å². The van der Waals surface area contributed by atoms with E-state index in [2.05, 4.69) is 44.5 Å². The van der Waals surface area contributed by atoms with Crippen LogP contribution in [0.4, 0.5) is 5.69 Å². The average Bonchev–Trinajstić information content (AvgIpc) is 3.25. The molecule has 30 heavy (non-hydrogen) atoms. The second-order valence-corrected chi connectivity index (χ2v) is 8.38. The molecule has 1 aromatic carbocycles. The van der Waals surface area contributed by atoms with E-state index in [4.69, 9.17) is 9.47 Å². The van der Waals surface area contributed by atoms with E-state index in [0.29, 0.717) is 6.04 Å². The van der Waals surface area contributed by atoms with Crippen molar-refractivity contribution in [1.29, 1.82) is 0 Å². The summed E-state index contributed by atoms with van der Waals surface area (Å²) in [7, 11) is 5.23. The molecule has 2 saturated heterocycles. The number of hydrogen-bond donors (Lipinski definition) is 2. The summed E-state index contributed by atoms with van der Waals surface area (Å²) in [6.07, 6.45) is 6.29. The summed E-state index contributed by atoms with van der Waals surface area (Å²) in [5.41, 5.74) is 1.13. The van der Waals surface area contributed by atoms with Gasteiger partial charge in [0.25, 0.3) is 0 Å². The molecular formula is C23H39N5O2. The molecule has 2 heterocycles. The van der Waals surface area contributed by atoms with Gasteiger partial charge in [0.05, 0.1) is 14.2 Å². The monoisotopic (exact) mass is 417 g/mol. The molecule has 0 aliphatic carbocycles. The predicted molar refractivity (Wildman–Crippen MR) is 124 cm³/mol. The Morgan fingerprint density at radius 1 is 1.10 bits per heavy atom. The molecule has 1 aromatic rings. The van der Waals surface area contributed by atoms with Crippen LogP contribution in [0, 0.1) is 0 Å². The van der Waals surface area contributed by atoms with Crippen molar-refractivity contribution in [2.75, 3.05) is 58.9 Å². The van der Waals surface area contributed by atoms with Gasteiger partial charge in [-0.3, -0.25) is 4.99 Å². The molecule has 2 N–H and O–H groups in total. The number of anilines is 1. The van der Waals surface area contributed by atoms with Crippen LogP contribution in [-0.2, 0) is 0 Å². The second kappa shape index (κ2) is 11.3. The maximum absolute atomic E-state index is 5.42. The van der Waals surface area contributed by atoms with Crippen LogP contribution in [0.3, 0.4) is 0 Å². The third-order valence-electron chi connectivity index (χ3n) is 6.31. The minimum Gasteiger partial charge on any atom is -0.497 e. The minimum absolute atomic E-state index is 0.371. The predicted octanol–water partition coefficient (Wildman–Crippen LogP) is 2.71. The fourth-order valence-electron chi connectivity index (χ4n) is 4.45. The van der Waals surface area contributed by atoms with Gasteiger partial charge in [-0.1, -0.05) is 6.42 Å². The first kappa shape index (κ1) is 22.5. The van der Waals surface area contributed by atoms with E-state index in [1.165, 1.54) is 32.4 Å². The molecule has 2 aliphatic heterocycles. The van der Waals surface area contributed by atoms with E-state index in [9.17, 15) is 0 Å². The molecule has 2 unspecified atom stereocenters. The zero-order valence-electron chi connectivity index (χ0n) is 19.1. The van der Waals surface area contributed by atoms with Gasteiger partial charge in [-0.2, -0.15) is 0 Å². The number of guanidine groups is 1. The summed E-state index contributed by atoms with van der Waals surface area (Å²) < 4.78 is 10.8. The van der Waals surface area contributed by atoms with E-state index in [0.717, 1.165) is 61.7 Å². The van der Waals surface area contributed by atoms with Gasteiger partial charge in [0.1, 0.15) is 11.5 Å². The van der Waals surface area contributed by atoms with Crippen LogP contribution < -0.4 is 25.0 Å². The highest BCUT2D eigenvalue weighted by molar-refractivity contribution is 5.80. The molecule has 7 nitrogen and oxygen atoms in total. The Morgan fingerprint density at radius 3 is 2.53 bits per heavy atom. The Balaban J connectivity index is 1.43. The first-order valence-electron chi connectivity index (χ1n) is 11.3. The molecule has 2 atom stereocenters. The van der Waals surface area contributed by atoms with Crippen LogP contribution in [0.15, 0.2) is 23.2 Å². The van der Waals surface area contributed by atoms with Crippen molar-refractivity contribution >= 4 is 11.6 Å². The van der Waals surface area contributed by atoms with Crippen molar-refractivity contribution in [2.24, 2.45) is 4.99 Å². The Morgan fingerprint density at radius 2 is 1.87 bits per heavy atom. The van der Waals surface area contributed by atoms with Gasteiger partial charge < -0.3 is 29.9 Å². The molecule has 2 fully saturated rings. The van der Waals surface area contributed by atoms with E-state index < -0.39 is 0 Å². The van der Waals surface area contributed by atoms with Crippen LogP contribution in [-0.4, -0.2) is 76.9 Å². The summed E-state index contributed by atoms with van der Waals surface area (Å²) in [6, 6.07) is 7.15. The van der Waals surface area contributed by atoms with Crippen molar-refractivity contribution in [2.45, 2.75) is 51.1 Å². The molecule has 0 amide bonds. The standard InChI is InChI=1S/C23H39N5O2/c1-18-8-5-6-11-27(18)12-7-10-25-23(24-2)26-19-9-13-28(17-19)20-14-21(29-3)16-22(15-20)30-4/h14-16,18-19H,5-13,17H2,1-4H3,(H2,24,25,26). The first-order chi connectivity index (χ1) is 14.6. The molecule has 0 spiro atoms. The topological polar surface area (TPSA) is 61.4 Å². The van der Waals surface area contributed by atoms with Crippen molar-refractivity contribution in [3.05, 3.63) is 18.2 Å². The van der Waals surface area contributed by atoms with Crippen molar-refractivity contribution < 1.29 is 9.47 Å². The quantitative estimate of drug-likeness (QED) is 0.385. The Hall–Kier alpha value is -2.15. The molecular weight excluding hydrogens is 378 g/mol. The SMILES string of the molecule is CN=C(NCCCN1CCCCC1C)NC1CCN(c2cc(OC)cc(OC)c2)C1. The molecule has 0 radical (unpaired) electrons. The lowest BCUT2D eigenvalue weighted by Crippen LogP contribution is -2.45. The van der Waals surface area contributed by atoms with Gasteiger partial charge in [-0.25, -0.2) is 0 Å². The zero-order valence-corrected chi connectivity index (χ0v) is 19.1. The lowest BCUT2D eigenvalue weighted by atomic mass is 10.0. The van der Waals surface area contributed by atoms with Crippen LogP contribution in [0.2, 0.25) is 0 Å². The summed E-state index contributed by atoms with van der Waals surface area (Å²) in [5, 5.41) is 7.09. The van der Waals surface area contributed by atoms with Crippen LogP contribution in [0.1, 0.15) is 39.0 Å². The highest BCUT2D eigenvalue weighted by Gasteiger charge is 2.24. The van der Waals surface area contributed by atoms with Crippen molar-refractivity contribution in [3.63, 3.8) is 0 Å². The minimum atomic E-state index is 0.371. The number of benzene rings is 1. The molecule has 7 heteroatoms. The fraction of sp³-hybridized carbons (Fsp3) is 0.696. The highest BCUT2D eigenvalue weighted by Crippen LogP contribution is 2.30. The third-order valence-corrected chi connectivity index (χ3v) is 6.31. The lowest BCUT2D eigenvalue weighted by Gasteiger charge is -2.33. The molecule has 0 aromatic heterocycles. The number of piperidine rings is 1. The van der Waals surface area contributed by atoms with Crippen molar-refractivity contribution in [1.82, 2.24) is 15.5 Å². The third kappa shape index (κ3) is 6.17. The highest BCUT2D eigenvalue weighted by atomic mass is 16.5. The van der Waals surface area contributed by atoms with Crippen LogP contribution in [0.25, 0.3) is 0 Å². The number of rotatable bonds is 8. The Kier molecular flexibility index (Phi) is 8.49.